The molecule has 2 aromatic heterocycles. The highest BCUT2D eigenvalue weighted by molar-refractivity contribution is 7.86. The van der Waals surface area contributed by atoms with Crippen molar-refractivity contribution in [1.29, 1.82) is 0 Å². The molecule has 3 aromatic carbocycles. The van der Waals surface area contributed by atoms with Gasteiger partial charge < -0.3 is 20.1 Å². The van der Waals surface area contributed by atoms with Gasteiger partial charge in [0, 0.05) is 53.1 Å². The molecule has 220 valence electrons. The summed E-state index contributed by atoms with van der Waals surface area (Å²) >= 11 is 6.69. The molecule has 3 N–H and O–H groups in total. The van der Waals surface area contributed by atoms with Gasteiger partial charge in [0.15, 0.2) is 11.0 Å². The van der Waals surface area contributed by atoms with Crippen molar-refractivity contribution in [3.8, 4) is 28.1 Å². The maximum absolute atomic E-state index is 14.3. The van der Waals surface area contributed by atoms with Crippen LogP contribution in [0, 0.1) is 11.6 Å². The second kappa shape index (κ2) is 12.1. The smallest absolute Gasteiger partial charge is 0.238 e. The van der Waals surface area contributed by atoms with Crippen LogP contribution in [0.3, 0.4) is 0 Å². The molecule has 1 saturated heterocycles. The number of methoxy groups -OCH3 is 1. The quantitative estimate of drug-likeness (QED) is 0.215. The van der Waals surface area contributed by atoms with Gasteiger partial charge in [0.1, 0.15) is 23.1 Å². The van der Waals surface area contributed by atoms with Crippen molar-refractivity contribution in [3.05, 3.63) is 89.6 Å². The summed E-state index contributed by atoms with van der Waals surface area (Å²) < 4.78 is 54.0. The molecule has 43 heavy (non-hydrogen) atoms. The van der Waals surface area contributed by atoms with Crippen molar-refractivity contribution in [2.45, 2.75) is 4.90 Å². The minimum absolute atomic E-state index is 0.126. The number of pyridine rings is 2. The van der Waals surface area contributed by atoms with Crippen LogP contribution in [0.15, 0.2) is 77.8 Å². The Bertz CT molecular complexity index is 1850. The van der Waals surface area contributed by atoms with E-state index >= 15 is 0 Å². The Morgan fingerprint density at radius 1 is 1.00 bits per heavy atom. The van der Waals surface area contributed by atoms with Crippen LogP contribution in [-0.4, -0.2) is 47.6 Å². The van der Waals surface area contributed by atoms with Gasteiger partial charge in [-0.15, -0.1) is 0 Å². The molecule has 1 fully saturated rings. The summed E-state index contributed by atoms with van der Waals surface area (Å²) in [7, 11) is -0.669. The van der Waals surface area contributed by atoms with E-state index < -0.39 is 22.6 Å². The van der Waals surface area contributed by atoms with E-state index in [0.717, 1.165) is 47.4 Å². The lowest BCUT2D eigenvalue weighted by Crippen LogP contribution is -2.36. The fourth-order valence-corrected chi connectivity index (χ4v) is 6.10. The van der Waals surface area contributed by atoms with Crippen molar-refractivity contribution in [2.75, 3.05) is 48.8 Å². The maximum atomic E-state index is 14.3. The zero-order valence-electron chi connectivity index (χ0n) is 22.9. The number of benzene rings is 3. The van der Waals surface area contributed by atoms with E-state index in [1.807, 2.05) is 24.3 Å². The molecule has 6 rings (SSSR count). The zero-order chi connectivity index (χ0) is 30.1. The number of fused-ring (bicyclic) bond motifs is 1. The summed E-state index contributed by atoms with van der Waals surface area (Å²) in [6.45, 7) is 3.12. The fourth-order valence-electron chi connectivity index (χ4n) is 4.95. The largest absolute Gasteiger partial charge is 0.480 e. The van der Waals surface area contributed by atoms with Gasteiger partial charge in [-0.2, -0.15) is 0 Å². The van der Waals surface area contributed by atoms with Crippen LogP contribution in [0.4, 0.5) is 26.0 Å². The number of nitrogens with two attached hydrogens (primary N) is 1. The average Bonchev–Trinajstić information content (AvgIpc) is 3.01. The molecule has 5 aromatic rings. The lowest BCUT2D eigenvalue weighted by atomic mass is 10.00. The van der Waals surface area contributed by atoms with Crippen LogP contribution in [0.25, 0.3) is 33.2 Å². The van der Waals surface area contributed by atoms with E-state index in [2.05, 4.69) is 31.7 Å². The number of hydrogen-bond acceptors (Lipinski definition) is 7. The van der Waals surface area contributed by atoms with Gasteiger partial charge >= 0.3 is 0 Å². The minimum atomic E-state index is -2.07. The van der Waals surface area contributed by atoms with Crippen LogP contribution in [-0.2, 0) is 15.7 Å². The summed E-state index contributed by atoms with van der Waals surface area (Å²) in [5.74, 6) is -1.35. The van der Waals surface area contributed by atoms with Gasteiger partial charge in [-0.3, -0.25) is 4.72 Å². The molecule has 0 spiro atoms. The number of nitrogen functional groups attached to an aromatic ring is 1. The fraction of sp³-hybridized carbons (Fsp3) is 0.161. The molecular weight excluding hydrogens is 596 g/mol. The second-order valence-electron chi connectivity index (χ2n) is 9.82. The third-order valence-corrected chi connectivity index (χ3v) is 8.59. The monoisotopic (exact) mass is 621 g/mol. The van der Waals surface area contributed by atoms with E-state index in [0.29, 0.717) is 40.9 Å². The Balaban J connectivity index is 1.34. The standard InChI is InChI=1S/C31H26ClF2N5O3S/c1-41-31-28(38-43(40)29-7-4-21(33)15-26(29)34)14-20(17-36-31)24-13-19-12-23(25(32)16-27(19)37-30(24)35)18-2-5-22(6-3-18)39-8-10-42-11-9-39/h2-7,12-17,38H,8-11H2,1H3,(H2,35,37). The molecule has 1 aliphatic rings. The molecule has 0 saturated carbocycles. The van der Waals surface area contributed by atoms with Gasteiger partial charge in [-0.1, -0.05) is 23.7 Å². The molecule has 8 nitrogen and oxygen atoms in total. The first kappa shape index (κ1) is 28.8. The number of halogens is 3. The van der Waals surface area contributed by atoms with Crippen LogP contribution in [0.2, 0.25) is 5.02 Å². The number of rotatable bonds is 7. The van der Waals surface area contributed by atoms with Gasteiger partial charge in [-0.25, -0.2) is 23.0 Å². The number of nitrogens with one attached hydrogen (secondary N) is 1. The number of nitrogens with zero attached hydrogens (tertiary/aromatic N) is 3. The average molecular weight is 622 g/mol. The second-order valence-corrected chi connectivity index (χ2v) is 11.4. The van der Waals surface area contributed by atoms with E-state index in [1.54, 1.807) is 18.3 Å². The number of morpholine rings is 1. The van der Waals surface area contributed by atoms with Gasteiger partial charge in [0.05, 0.1) is 35.8 Å². The van der Waals surface area contributed by atoms with Gasteiger partial charge in [-0.05, 0) is 54.1 Å². The summed E-state index contributed by atoms with van der Waals surface area (Å²) in [4.78, 5) is 11.0. The van der Waals surface area contributed by atoms with E-state index in [9.17, 15) is 13.0 Å². The third-order valence-electron chi connectivity index (χ3n) is 7.14. The molecule has 0 bridgehead atoms. The summed E-state index contributed by atoms with van der Waals surface area (Å²) in [6, 6.07) is 18.3. The summed E-state index contributed by atoms with van der Waals surface area (Å²) in [5.41, 5.74) is 11.2. The zero-order valence-corrected chi connectivity index (χ0v) is 24.5. The summed E-state index contributed by atoms with van der Waals surface area (Å²) in [5, 5.41) is 1.34. The third kappa shape index (κ3) is 5.96. The predicted octanol–water partition coefficient (Wildman–Crippen LogP) is 6.46. The normalized spacial score (nSPS) is 14.1. The topological polar surface area (TPSA) is 103 Å². The Labute approximate surface area is 254 Å². The highest BCUT2D eigenvalue weighted by Crippen LogP contribution is 2.37. The van der Waals surface area contributed by atoms with Crippen molar-refractivity contribution < 1.29 is 22.5 Å². The Hall–Kier alpha value is -4.32. The number of hydrogen-bond donors (Lipinski definition) is 2. The Morgan fingerprint density at radius 3 is 2.47 bits per heavy atom. The van der Waals surface area contributed by atoms with Crippen LogP contribution >= 0.6 is 11.6 Å². The Kier molecular flexibility index (Phi) is 8.11. The molecule has 0 radical (unpaired) electrons. The molecule has 0 amide bonds. The first-order chi connectivity index (χ1) is 20.8. The molecule has 12 heteroatoms. The van der Waals surface area contributed by atoms with Gasteiger partial charge in [0.25, 0.3) is 0 Å². The lowest BCUT2D eigenvalue weighted by Gasteiger charge is -2.29. The van der Waals surface area contributed by atoms with Crippen molar-refractivity contribution in [2.24, 2.45) is 0 Å². The van der Waals surface area contributed by atoms with Crippen LogP contribution in [0.5, 0.6) is 5.88 Å². The number of ether oxygens (including phenoxy) is 2. The SMILES string of the molecule is COc1ncc(-c2cc3cc(-c4ccc(N5CCOCC5)cc4)c(Cl)cc3nc2N)cc1NS(=O)c1ccc(F)cc1F. The van der Waals surface area contributed by atoms with Crippen molar-refractivity contribution >= 4 is 50.7 Å². The first-order valence-electron chi connectivity index (χ1n) is 13.3. The first-order valence-corrected chi connectivity index (χ1v) is 14.8. The highest BCUT2D eigenvalue weighted by atomic mass is 35.5. The predicted molar refractivity (Wildman–Crippen MR) is 166 cm³/mol. The van der Waals surface area contributed by atoms with Crippen molar-refractivity contribution in [1.82, 2.24) is 9.97 Å². The molecular formula is C31H26ClF2N5O3S. The van der Waals surface area contributed by atoms with E-state index in [1.165, 1.54) is 7.11 Å². The lowest BCUT2D eigenvalue weighted by molar-refractivity contribution is 0.122. The molecule has 1 unspecified atom stereocenters. The number of anilines is 3. The van der Waals surface area contributed by atoms with E-state index in [4.69, 9.17) is 26.8 Å². The van der Waals surface area contributed by atoms with E-state index in [-0.39, 0.29) is 22.3 Å². The molecule has 1 atom stereocenters. The minimum Gasteiger partial charge on any atom is -0.480 e. The van der Waals surface area contributed by atoms with Crippen LogP contribution in [0.1, 0.15) is 0 Å². The summed E-state index contributed by atoms with van der Waals surface area (Å²) in [6.07, 6.45) is 1.55. The number of aromatic nitrogens is 2. The van der Waals surface area contributed by atoms with Crippen LogP contribution < -0.4 is 20.1 Å². The Morgan fingerprint density at radius 2 is 1.74 bits per heavy atom. The maximum Gasteiger partial charge on any atom is 0.238 e. The van der Waals surface area contributed by atoms with Gasteiger partial charge in [0.2, 0.25) is 5.88 Å². The van der Waals surface area contributed by atoms with Crippen molar-refractivity contribution in [3.63, 3.8) is 0 Å². The molecule has 3 heterocycles. The highest BCUT2D eigenvalue weighted by Gasteiger charge is 2.18. The molecule has 0 aliphatic carbocycles. The molecule has 1 aliphatic heterocycles.